The van der Waals surface area contributed by atoms with Gasteiger partial charge in [-0.2, -0.15) is 0 Å². The molecule has 0 aliphatic carbocycles. The topological polar surface area (TPSA) is 47.6 Å². The van der Waals surface area contributed by atoms with Gasteiger partial charge < -0.3 is 14.8 Å². The number of fused-ring (bicyclic) bond motifs is 1. The summed E-state index contributed by atoms with van der Waals surface area (Å²) in [6.45, 7) is 3.13. The summed E-state index contributed by atoms with van der Waals surface area (Å²) < 4.78 is 11.2. The fraction of sp³-hybridized carbons (Fsp3) is 0.350. The highest BCUT2D eigenvalue weighted by Gasteiger charge is 2.19. The smallest absolute Gasteiger partial charge is 0.251 e. The monoisotopic (exact) mass is 359 g/mol. The minimum absolute atomic E-state index is 0.0578. The van der Waals surface area contributed by atoms with E-state index in [-0.39, 0.29) is 11.9 Å². The van der Waals surface area contributed by atoms with E-state index in [0.717, 1.165) is 19.3 Å². The Morgan fingerprint density at radius 3 is 2.76 bits per heavy atom. The molecule has 0 radical (unpaired) electrons. The number of rotatable bonds is 5. The second kappa shape index (κ2) is 8.26. The van der Waals surface area contributed by atoms with Crippen LogP contribution < -0.4 is 14.8 Å². The maximum absolute atomic E-state index is 12.5. The SMILES string of the molecule is CC(CCc1ccccc1)NC(=O)c1cc(Cl)c2c(c1)OCCCO2. The molecule has 1 atom stereocenters. The van der Waals surface area contributed by atoms with Crippen molar-refractivity contribution in [1.29, 1.82) is 0 Å². The van der Waals surface area contributed by atoms with Gasteiger partial charge in [-0.25, -0.2) is 0 Å². The summed E-state index contributed by atoms with van der Waals surface area (Å²) in [4.78, 5) is 12.5. The standard InChI is InChI=1S/C20H22ClNO3/c1-14(8-9-15-6-3-2-4-7-15)22-20(23)16-12-17(21)19-18(13-16)24-10-5-11-25-19/h2-4,6-7,12-14H,5,8-11H2,1H3,(H,22,23). The first kappa shape index (κ1) is 17.6. The molecule has 1 aliphatic heterocycles. The molecule has 0 spiro atoms. The van der Waals surface area contributed by atoms with Gasteiger partial charge in [0.1, 0.15) is 0 Å². The first-order valence-electron chi connectivity index (χ1n) is 8.57. The largest absolute Gasteiger partial charge is 0.489 e. The summed E-state index contributed by atoms with van der Waals surface area (Å²) >= 11 is 6.26. The third-order valence-electron chi connectivity index (χ3n) is 4.15. The Kier molecular flexibility index (Phi) is 5.82. The number of ether oxygens (including phenoxy) is 2. The number of halogens is 1. The van der Waals surface area contributed by atoms with Gasteiger partial charge in [-0.3, -0.25) is 4.79 Å². The zero-order valence-electron chi connectivity index (χ0n) is 14.3. The van der Waals surface area contributed by atoms with Gasteiger partial charge in [0.25, 0.3) is 5.91 Å². The maximum Gasteiger partial charge on any atom is 0.251 e. The van der Waals surface area contributed by atoms with Crippen molar-refractivity contribution in [1.82, 2.24) is 5.32 Å². The number of carbonyl (C=O) groups excluding carboxylic acids is 1. The molecule has 0 saturated heterocycles. The van der Waals surface area contributed by atoms with Crippen LogP contribution in [-0.2, 0) is 6.42 Å². The molecule has 0 bridgehead atoms. The minimum atomic E-state index is -0.155. The molecular formula is C20H22ClNO3. The molecule has 4 nitrogen and oxygen atoms in total. The van der Waals surface area contributed by atoms with Crippen molar-refractivity contribution in [2.24, 2.45) is 0 Å². The lowest BCUT2D eigenvalue weighted by atomic mass is 10.1. The van der Waals surface area contributed by atoms with E-state index >= 15 is 0 Å². The molecule has 2 aromatic rings. The first-order valence-corrected chi connectivity index (χ1v) is 8.95. The number of nitrogens with one attached hydrogen (secondary N) is 1. The van der Waals surface area contributed by atoms with Crippen LogP contribution in [-0.4, -0.2) is 25.2 Å². The molecule has 0 fully saturated rings. The van der Waals surface area contributed by atoms with Crippen LogP contribution in [0.2, 0.25) is 5.02 Å². The van der Waals surface area contributed by atoms with Crippen molar-refractivity contribution >= 4 is 17.5 Å². The van der Waals surface area contributed by atoms with Crippen molar-refractivity contribution in [3.63, 3.8) is 0 Å². The predicted molar refractivity (Wildman–Crippen MR) is 98.8 cm³/mol. The molecule has 1 N–H and O–H groups in total. The Morgan fingerprint density at radius 2 is 1.96 bits per heavy atom. The second-order valence-corrected chi connectivity index (χ2v) is 6.64. The lowest BCUT2D eigenvalue weighted by molar-refractivity contribution is 0.0938. The van der Waals surface area contributed by atoms with Gasteiger partial charge in [-0.15, -0.1) is 0 Å². The van der Waals surface area contributed by atoms with Crippen LogP contribution in [0.3, 0.4) is 0 Å². The Labute approximate surface area is 153 Å². The molecule has 0 aromatic heterocycles. The molecular weight excluding hydrogens is 338 g/mol. The zero-order chi connectivity index (χ0) is 17.6. The number of carbonyl (C=O) groups is 1. The Bertz CT molecular complexity index is 733. The summed E-state index contributed by atoms with van der Waals surface area (Å²) in [5.41, 5.74) is 1.75. The van der Waals surface area contributed by atoms with Crippen LogP contribution in [0.5, 0.6) is 11.5 Å². The summed E-state index contributed by atoms with van der Waals surface area (Å²) in [6.07, 6.45) is 2.58. The average molecular weight is 360 g/mol. The highest BCUT2D eigenvalue weighted by atomic mass is 35.5. The Hall–Kier alpha value is -2.20. The van der Waals surface area contributed by atoms with Gasteiger partial charge in [0.05, 0.1) is 18.2 Å². The molecule has 5 heteroatoms. The molecule has 1 heterocycles. The van der Waals surface area contributed by atoms with E-state index < -0.39 is 0 Å². The van der Waals surface area contributed by atoms with E-state index in [1.807, 2.05) is 25.1 Å². The Balaban J connectivity index is 1.62. The van der Waals surface area contributed by atoms with Gasteiger partial charge in [-0.05, 0) is 37.5 Å². The van der Waals surface area contributed by atoms with Crippen LogP contribution in [0.4, 0.5) is 0 Å². The van der Waals surface area contributed by atoms with Crippen LogP contribution in [0.1, 0.15) is 35.7 Å². The molecule has 1 unspecified atom stereocenters. The number of benzene rings is 2. The van der Waals surface area contributed by atoms with Crippen molar-refractivity contribution in [2.45, 2.75) is 32.2 Å². The third-order valence-corrected chi connectivity index (χ3v) is 4.43. The minimum Gasteiger partial charge on any atom is -0.489 e. The number of amides is 1. The third kappa shape index (κ3) is 4.67. The normalized spacial score (nSPS) is 14.5. The van der Waals surface area contributed by atoms with Crippen LogP contribution >= 0.6 is 11.6 Å². The maximum atomic E-state index is 12.5. The average Bonchev–Trinajstić information content (AvgIpc) is 2.86. The van der Waals surface area contributed by atoms with Gasteiger partial charge in [0, 0.05) is 18.0 Å². The lowest BCUT2D eigenvalue weighted by Crippen LogP contribution is -2.32. The summed E-state index contributed by atoms with van der Waals surface area (Å²) in [5.74, 6) is 0.901. The van der Waals surface area contributed by atoms with E-state index in [2.05, 4.69) is 17.4 Å². The van der Waals surface area contributed by atoms with Gasteiger partial charge in [0.2, 0.25) is 0 Å². The summed E-state index contributed by atoms with van der Waals surface area (Å²) in [5, 5.41) is 3.43. The molecule has 2 aromatic carbocycles. The number of aryl methyl sites for hydroxylation is 1. The molecule has 132 valence electrons. The highest BCUT2D eigenvalue weighted by molar-refractivity contribution is 6.32. The van der Waals surface area contributed by atoms with E-state index in [9.17, 15) is 4.79 Å². The molecule has 25 heavy (non-hydrogen) atoms. The quantitative estimate of drug-likeness (QED) is 0.868. The van der Waals surface area contributed by atoms with Gasteiger partial charge in [0.15, 0.2) is 11.5 Å². The van der Waals surface area contributed by atoms with Gasteiger partial charge >= 0.3 is 0 Å². The first-order chi connectivity index (χ1) is 12.1. The van der Waals surface area contributed by atoms with Crippen LogP contribution in [0.25, 0.3) is 0 Å². The number of hydrogen-bond donors (Lipinski definition) is 1. The Morgan fingerprint density at radius 1 is 1.20 bits per heavy atom. The van der Waals surface area contributed by atoms with Gasteiger partial charge in [-0.1, -0.05) is 41.9 Å². The molecule has 1 aliphatic rings. The summed E-state index contributed by atoms with van der Waals surface area (Å²) in [7, 11) is 0. The molecule has 0 saturated carbocycles. The van der Waals surface area contributed by atoms with Crippen LogP contribution in [0.15, 0.2) is 42.5 Å². The number of hydrogen-bond acceptors (Lipinski definition) is 3. The van der Waals surface area contributed by atoms with E-state index in [0.29, 0.717) is 35.3 Å². The predicted octanol–water partition coefficient (Wildman–Crippen LogP) is 4.25. The van der Waals surface area contributed by atoms with Crippen molar-refractivity contribution < 1.29 is 14.3 Å². The van der Waals surface area contributed by atoms with Crippen molar-refractivity contribution in [3.8, 4) is 11.5 Å². The lowest BCUT2D eigenvalue weighted by Gasteiger charge is -2.15. The molecule has 3 rings (SSSR count). The second-order valence-electron chi connectivity index (χ2n) is 6.23. The fourth-order valence-corrected chi connectivity index (χ4v) is 3.03. The molecule has 1 amide bonds. The van der Waals surface area contributed by atoms with Crippen LogP contribution in [0, 0.1) is 0 Å². The van der Waals surface area contributed by atoms with Crippen molar-refractivity contribution in [3.05, 3.63) is 58.6 Å². The van der Waals surface area contributed by atoms with Crippen molar-refractivity contribution in [2.75, 3.05) is 13.2 Å². The summed E-state index contributed by atoms with van der Waals surface area (Å²) in [6, 6.07) is 13.6. The zero-order valence-corrected chi connectivity index (χ0v) is 15.0. The van der Waals surface area contributed by atoms with E-state index in [1.165, 1.54) is 5.56 Å². The highest BCUT2D eigenvalue weighted by Crippen LogP contribution is 2.37. The van der Waals surface area contributed by atoms with E-state index in [4.69, 9.17) is 21.1 Å². The fourth-order valence-electron chi connectivity index (χ4n) is 2.77. The van der Waals surface area contributed by atoms with E-state index in [1.54, 1.807) is 12.1 Å².